The molecule has 1 amide bonds. The lowest BCUT2D eigenvalue weighted by Crippen LogP contribution is -2.35. The molecule has 2 aromatic carbocycles. The number of benzene rings is 2. The minimum Gasteiger partial charge on any atom is -0.338 e. The van der Waals surface area contributed by atoms with Crippen molar-refractivity contribution >= 4 is 52.1 Å². The Labute approximate surface area is 199 Å². The van der Waals surface area contributed by atoms with Gasteiger partial charge in [0, 0.05) is 23.1 Å². The van der Waals surface area contributed by atoms with Gasteiger partial charge < -0.3 is 4.90 Å². The molecule has 0 aliphatic carbocycles. The summed E-state index contributed by atoms with van der Waals surface area (Å²) in [7, 11) is 0. The number of hydrogen-bond donors (Lipinski definition) is 0. The summed E-state index contributed by atoms with van der Waals surface area (Å²) in [6.07, 6.45) is 3.49. The van der Waals surface area contributed by atoms with E-state index in [0.29, 0.717) is 43.6 Å². The van der Waals surface area contributed by atoms with Crippen LogP contribution in [0.25, 0.3) is 17.3 Å². The first-order valence-corrected chi connectivity index (χ1v) is 11.7. The number of halogens is 2. The van der Waals surface area contributed by atoms with E-state index < -0.39 is 0 Å². The van der Waals surface area contributed by atoms with Gasteiger partial charge in [-0.15, -0.1) is 11.3 Å². The zero-order valence-corrected chi connectivity index (χ0v) is 19.6. The molecule has 0 spiro atoms. The van der Waals surface area contributed by atoms with Gasteiger partial charge in [-0.05, 0) is 55.2 Å². The second-order valence-electron chi connectivity index (χ2n) is 7.49. The Balaban J connectivity index is 2.05. The highest BCUT2D eigenvalue weighted by Gasteiger charge is 2.24. The van der Waals surface area contributed by atoms with E-state index in [2.05, 4.69) is 6.07 Å². The summed E-state index contributed by atoms with van der Waals surface area (Å²) >= 11 is 13.4. The molecule has 5 nitrogen and oxygen atoms in total. The van der Waals surface area contributed by atoms with Crippen LogP contribution in [0, 0.1) is 18.3 Å². The van der Waals surface area contributed by atoms with E-state index >= 15 is 0 Å². The van der Waals surface area contributed by atoms with Crippen LogP contribution in [0.3, 0.4) is 0 Å². The Kier molecular flexibility index (Phi) is 6.52. The molecule has 0 N–H and O–H groups in total. The molecule has 1 aliphatic heterocycles. The van der Waals surface area contributed by atoms with Gasteiger partial charge in [0.15, 0.2) is 5.57 Å². The van der Waals surface area contributed by atoms with E-state index in [4.69, 9.17) is 23.2 Å². The highest BCUT2D eigenvalue weighted by molar-refractivity contribution is 7.07. The van der Waals surface area contributed by atoms with Crippen molar-refractivity contribution in [2.75, 3.05) is 13.1 Å². The van der Waals surface area contributed by atoms with Crippen LogP contribution in [0.2, 0.25) is 10.0 Å². The molecular weight excluding hydrogens is 465 g/mol. The van der Waals surface area contributed by atoms with Gasteiger partial charge in [0.2, 0.25) is 0 Å². The number of hydrogen-bond acceptors (Lipinski definition) is 4. The minimum absolute atomic E-state index is 0.0286. The largest absolute Gasteiger partial charge is 0.338 e. The summed E-state index contributed by atoms with van der Waals surface area (Å²) in [6.45, 7) is 3.11. The van der Waals surface area contributed by atoms with Gasteiger partial charge in [0.05, 0.1) is 10.2 Å². The molecule has 0 atom stereocenters. The number of thiazole rings is 1. The second-order valence-corrected chi connectivity index (χ2v) is 9.37. The lowest BCUT2D eigenvalue weighted by molar-refractivity contribution is -0.123. The van der Waals surface area contributed by atoms with Crippen LogP contribution < -0.4 is 14.8 Å². The molecule has 0 saturated carbocycles. The second kappa shape index (κ2) is 9.33. The number of para-hydroxylation sites is 1. The zero-order valence-electron chi connectivity index (χ0n) is 17.3. The van der Waals surface area contributed by atoms with Crippen LogP contribution in [0.1, 0.15) is 24.0 Å². The van der Waals surface area contributed by atoms with Crippen molar-refractivity contribution in [1.82, 2.24) is 9.47 Å². The predicted molar refractivity (Wildman–Crippen MR) is 129 cm³/mol. The first kappa shape index (κ1) is 22.3. The van der Waals surface area contributed by atoms with Gasteiger partial charge in [0.25, 0.3) is 11.5 Å². The third kappa shape index (κ3) is 4.24. The smallest absolute Gasteiger partial charge is 0.273 e. The van der Waals surface area contributed by atoms with Gasteiger partial charge in [-0.2, -0.15) is 5.26 Å². The van der Waals surface area contributed by atoms with Gasteiger partial charge in [-0.3, -0.25) is 14.2 Å². The Morgan fingerprint density at radius 1 is 1.16 bits per heavy atom. The van der Waals surface area contributed by atoms with Crippen molar-refractivity contribution in [1.29, 1.82) is 5.26 Å². The van der Waals surface area contributed by atoms with Crippen molar-refractivity contribution in [3.8, 4) is 11.8 Å². The molecule has 32 heavy (non-hydrogen) atoms. The van der Waals surface area contributed by atoms with E-state index in [9.17, 15) is 14.9 Å². The topological polar surface area (TPSA) is 66.1 Å². The summed E-state index contributed by atoms with van der Waals surface area (Å²) in [6, 6.07) is 14.5. The highest BCUT2D eigenvalue weighted by Crippen LogP contribution is 2.21. The molecule has 1 aromatic heterocycles. The Bertz CT molecular complexity index is 1430. The standard InChI is InChI=1S/C24H19Cl2N3O2S/c1-15-6-2-3-7-20(15)29-23(31)21(12-16-8-9-17(25)13-19(16)26)32-24(29)18(14-27)22(30)28-10-4-5-11-28/h2-3,6-9,12-13H,4-5,10-11H2,1H3/b21-12-,24-18-. The predicted octanol–water partition coefficient (Wildman–Crippen LogP) is 3.64. The average Bonchev–Trinajstić information content (AvgIpc) is 3.40. The van der Waals surface area contributed by atoms with Crippen molar-refractivity contribution in [3.63, 3.8) is 0 Å². The van der Waals surface area contributed by atoms with Gasteiger partial charge >= 0.3 is 0 Å². The maximum Gasteiger partial charge on any atom is 0.273 e. The number of likely N-dealkylation sites (tertiary alicyclic amines) is 1. The van der Waals surface area contributed by atoms with Crippen LogP contribution in [0.5, 0.6) is 0 Å². The van der Waals surface area contributed by atoms with Crippen LogP contribution >= 0.6 is 34.5 Å². The minimum atomic E-state index is -0.343. The van der Waals surface area contributed by atoms with Crippen LogP contribution in [-0.4, -0.2) is 28.5 Å². The normalized spacial score (nSPS) is 15.1. The highest BCUT2D eigenvalue weighted by atomic mass is 35.5. The molecule has 2 heterocycles. The van der Waals surface area contributed by atoms with Crippen molar-refractivity contribution < 1.29 is 4.79 Å². The number of aryl methyl sites for hydroxylation is 1. The molecule has 8 heteroatoms. The van der Waals surface area contributed by atoms with E-state index in [1.807, 2.05) is 25.1 Å². The fourth-order valence-corrected chi connectivity index (χ4v) is 5.25. The van der Waals surface area contributed by atoms with Crippen molar-refractivity contribution in [3.05, 3.63) is 83.2 Å². The Morgan fingerprint density at radius 2 is 1.88 bits per heavy atom. The molecule has 4 rings (SSSR count). The summed E-state index contributed by atoms with van der Waals surface area (Å²) in [5.41, 5.74) is 1.77. The maximum absolute atomic E-state index is 13.5. The molecule has 162 valence electrons. The third-order valence-corrected chi connectivity index (χ3v) is 7.02. The van der Waals surface area contributed by atoms with Crippen LogP contribution in [-0.2, 0) is 4.79 Å². The first-order valence-electron chi connectivity index (χ1n) is 10.1. The average molecular weight is 484 g/mol. The quantitative estimate of drug-likeness (QED) is 0.570. The fourth-order valence-electron chi connectivity index (χ4n) is 3.71. The molecule has 0 unspecified atom stereocenters. The van der Waals surface area contributed by atoms with E-state index in [1.165, 1.54) is 4.57 Å². The lowest BCUT2D eigenvalue weighted by atomic mass is 10.2. The number of carbonyl (C=O) groups is 1. The van der Waals surface area contributed by atoms with Crippen LogP contribution in [0.15, 0.2) is 47.3 Å². The zero-order chi connectivity index (χ0) is 22.8. The van der Waals surface area contributed by atoms with Crippen LogP contribution in [0.4, 0.5) is 0 Å². The van der Waals surface area contributed by atoms with Crippen molar-refractivity contribution in [2.45, 2.75) is 19.8 Å². The van der Waals surface area contributed by atoms with Gasteiger partial charge in [-0.1, -0.05) is 47.5 Å². The number of nitrogens with zero attached hydrogens (tertiary/aromatic N) is 3. The molecule has 3 aromatic rings. The van der Waals surface area contributed by atoms with E-state index in [0.717, 1.165) is 29.7 Å². The monoisotopic (exact) mass is 483 g/mol. The number of rotatable bonds is 3. The van der Waals surface area contributed by atoms with E-state index in [1.54, 1.807) is 35.2 Å². The lowest BCUT2D eigenvalue weighted by Gasteiger charge is -2.14. The molecule has 1 fully saturated rings. The molecular formula is C24H19Cl2N3O2S. The molecule has 0 bridgehead atoms. The Hall–Kier alpha value is -2.85. The molecule has 1 saturated heterocycles. The Morgan fingerprint density at radius 3 is 2.53 bits per heavy atom. The summed E-state index contributed by atoms with van der Waals surface area (Å²) in [5.74, 6) is -0.343. The van der Waals surface area contributed by atoms with Crippen molar-refractivity contribution in [2.24, 2.45) is 0 Å². The third-order valence-electron chi connectivity index (χ3n) is 5.36. The first-order chi connectivity index (χ1) is 15.4. The number of aromatic nitrogens is 1. The summed E-state index contributed by atoms with van der Waals surface area (Å²) < 4.78 is 2.15. The molecule has 0 radical (unpaired) electrons. The molecule has 1 aliphatic rings. The van der Waals surface area contributed by atoms with E-state index in [-0.39, 0.29) is 17.0 Å². The van der Waals surface area contributed by atoms with Gasteiger partial charge in [0.1, 0.15) is 10.7 Å². The number of carbonyl (C=O) groups excluding carboxylic acids is 1. The fraction of sp³-hybridized carbons (Fsp3) is 0.208. The number of amides is 1. The summed E-state index contributed by atoms with van der Waals surface area (Å²) in [5, 5.41) is 10.8. The maximum atomic E-state index is 13.5. The SMILES string of the molecule is Cc1ccccc1-n1c(=O)/c(=C/c2ccc(Cl)cc2Cl)s/c1=C(/C#N)C(=O)N1CCCC1. The van der Waals surface area contributed by atoms with Gasteiger partial charge in [-0.25, -0.2) is 0 Å². The number of nitriles is 1. The summed E-state index contributed by atoms with van der Waals surface area (Å²) in [4.78, 5) is 28.3.